The lowest BCUT2D eigenvalue weighted by Gasteiger charge is -2.22. The number of rotatable bonds is 6. The lowest BCUT2D eigenvalue weighted by Crippen LogP contribution is -2.43. The highest BCUT2D eigenvalue weighted by molar-refractivity contribution is 5.80. The number of carboxylic acid groups (broad SMARTS) is 1. The number of hydrogen-bond donors (Lipinski definition) is 2. The number of halogens is 1. The van der Waals surface area contributed by atoms with Crippen LogP contribution >= 0.6 is 0 Å². The Hall–Kier alpha value is -2.37. The highest BCUT2D eigenvalue weighted by Crippen LogP contribution is 2.13. The van der Waals surface area contributed by atoms with Gasteiger partial charge in [0.25, 0.3) is 0 Å². The first kappa shape index (κ1) is 15.7. The van der Waals surface area contributed by atoms with E-state index in [1.807, 2.05) is 0 Å². The van der Waals surface area contributed by atoms with Crippen molar-refractivity contribution in [3.05, 3.63) is 48.3 Å². The van der Waals surface area contributed by atoms with Gasteiger partial charge in [0.1, 0.15) is 12.4 Å². The predicted octanol–water partition coefficient (Wildman–Crippen LogP) is 2.17. The van der Waals surface area contributed by atoms with Crippen molar-refractivity contribution in [2.24, 2.45) is 0 Å². The van der Waals surface area contributed by atoms with Crippen LogP contribution in [0, 0.1) is 5.82 Å². The van der Waals surface area contributed by atoms with Crippen LogP contribution in [0.2, 0.25) is 0 Å². The van der Waals surface area contributed by atoms with E-state index in [1.165, 1.54) is 18.2 Å². The van der Waals surface area contributed by atoms with Crippen molar-refractivity contribution < 1.29 is 19.1 Å². The van der Waals surface area contributed by atoms with Gasteiger partial charge < -0.3 is 15.3 Å². The number of nitrogens with zero attached hydrogens (tertiary/aromatic N) is 1. The molecule has 5 nitrogen and oxygen atoms in total. The Labute approximate surface area is 116 Å². The number of amides is 2. The highest BCUT2D eigenvalue weighted by atomic mass is 19.1. The second-order valence-electron chi connectivity index (χ2n) is 4.29. The van der Waals surface area contributed by atoms with Crippen molar-refractivity contribution in [3.8, 4) is 0 Å². The van der Waals surface area contributed by atoms with E-state index < -0.39 is 30.4 Å². The summed E-state index contributed by atoms with van der Waals surface area (Å²) in [6.07, 6.45) is 1.44. The Morgan fingerprint density at radius 3 is 2.80 bits per heavy atom. The van der Waals surface area contributed by atoms with Crippen LogP contribution in [-0.4, -0.2) is 35.1 Å². The number of carbonyl (C=O) groups excluding carboxylic acids is 1. The molecule has 20 heavy (non-hydrogen) atoms. The van der Waals surface area contributed by atoms with Gasteiger partial charge in [-0.2, -0.15) is 0 Å². The Balaban J connectivity index is 2.71. The van der Waals surface area contributed by atoms with E-state index in [2.05, 4.69) is 11.9 Å². The third-order valence-corrected chi connectivity index (χ3v) is 2.65. The van der Waals surface area contributed by atoms with Gasteiger partial charge in [0.15, 0.2) is 0 Å². The number of urea groups is 1. The molecule has 0 spiro atoms. The molecule has 2 amide bonds. The molecule has 0 heterocycles. The van der Waals surface area contributed by atoms with E-state index in [9.17, 15) is 14.0 Å². The molecule has 0 aliphatic heterocycles. The second-order valence-corrected chi connectivity index (χ2v) is 4.29. The van der Waals surface area contributed by atoms with Crippen molar-refractivity contribution in [1.82, 2.24) is 10.2 Å². The molecule has 0 fully saturated rings. The zero-order valence-corrected chi connectivity index (χ0v) is 11.2. The molecule has 2 N–H and O–H groups in total. The standard InChI is InChI=1S/C14H17FN2O3/c1-3-7-17(9-13(18)19)14(20)16-10(2)11-5-4-6-12(15)8-11/h3-6,8,10H,1,7,9H2,2H3,(H,16,20)(H,18,19). The van der Waals surface area contributed by atoms with E-state index in [1.54, 1.807) is 19.1 Å². The molecule has 0 aliphatic carbocycles. The van der Waals surface area contributed by atoms with Crippen molar-refractivity contribution in [3.63, 3.8) is 0 Å². The molecule has 0 aromatic heterocycles. The molecule has 0 saturated heterocycles. The smallest absolute Gasteiger partial charge is 0.323 e. The minimum absolute atomic E-state index is 0.119. The fraction of sp³-hybridized carbons (Fsp3) is 0.286. The van der Waals surface area contributed by atoms with Crippen LogP contribution in [0.15, 0.2) is 36.9 Å². The monoisotopic (exact) mass is 280 g/mol. The van der Waals surface area contributed by atoms with Crippen LogP contribution in [0.1, 0.15) is 18.5 Å². The Bertz CT molecular complexity index is 505. The first-order valence-corrected chi connectivity index (χ1v) is 6.07. The summed E-state index contributed by atoms with van der Waals surface area (Å²) in [7, 11) is 0. The third kappa shape index (κ3) is 4.72. The lowest BCUT2D eigenvalue weighted by molar-refractivity contribution is -0.137. The van der Waals surface area contributed by atoms with Gasteiger partial charge in [0, 0.05) is 6.54 Å². The fourth-order valence-corrected chi connectivity index (χ4v) is 1.67. The number of benzene rings is 1. The average molecular weight is 280 g/mol. The normalized spacial score (nSPS) is 11.5. The van der Waals surface area contributed by atoms with E-state index >= 15 is 0 Å². The lowest BCUT2D eigenvalue weighted by atomic mass is 10.1. The van der Waals surface area contributed by atoms with Gasteiger partial charge >= 0.3 is 12.0 Å². The first-order chi connectivity index (χ1) is 9.43. The summed E-state index contributed by atoms with van der Waals surface area (Å²) < 4.78 is 13.1. The topological polar surface area (TPSA) is 69.6 Å². The zero-order chi connectivity index (χ0) is 15.1. The van der Waals surface area contributed by atoms with E-state index in [0.29, 0.717) is 5.56 Å². The summed E-state index contributed by atoms with van der Waals surface area (Å²) >= 11 is 0. The molecule has 0 saturated carbocycles. The number of hydrogen-bond acceptors (Lipinski definition) is 2. The molecule has 0 radical (unpaired) electrons. The van der Waals surface area contributed by atoms with E-state index in [-0.39, 0.29) is 6.54 Å². The molecular weight excluding hydrogens is 263 g/mol. The maximum Gasteiger partial charge on any atom is 0.323 e. The summed E-state index contributed by atoms with van der Waals surface area (Å²) in [5.74, 6) is -1.50. The molecule has 6 heteroatoms. The van der Waals surface area contributed by atoms with Crippen LogP contribution in [0.5, 0.6) is 0 Å². The van der Waals surface area contributed by atoms with Gasteiger partial charge in [-0.15, -0.1) is 6.58 Å². The van der Waals surface area contributed by atoms with E-state index in [4.69, 9.17) is 5.11 Å². The van der Waals surface area contributed by atoms with Crippen molar-refractivity contribution in [2.45, 2.75) is 13.0 Å². The molecule has 1 unspecified atom stereocenters. The van der Waals surface area contributed by atoms with Gasteiger partial charge in [-0.1, -0.05) is 18.2 Å². The molecule has 1 rings (SSSR count). The van der Waals surface area contributed by atoms with Gasteiger partial charge in [-0.3, -0.25) is 4.79 Å². The molecule has 1 atom stereocenters. The zero-order valence-electron chi connectivity index (χ0n) is 11.2. The molecular formula is C14H17FN2O3. The molecule has 0 bridgehead atoms. The average Bonchev–Trinajstić information content (AvgIpc) is 2.37. The van der Waals surface area contributed by atoms with Crippen LogP contribution in [-0.2, 0) is 4.79 Å². The predicted molar refractivity (Wildman–Crippen MR) is 72.8 cm³/mol. The fourth-order valence-electron chi connectivity index (χ4n) is 1.67. The van der Waals surface area contributed by atoms with Gasteiger partial charge in [-0.05, 0) is 24.6 Å². The number of aliphatic carboxylic acids is 1. The molecule has 1 aromatic rings. The summed E-state index contributed by atoms with van der Waals surface area (Å²) in [6, 6.07) is 4.89. The number of carboxylic acids is 1. The largest absolute Gasteiger partial charge is 0.480 e. The van der Waals surface area contributed by atoms with Crippen LogP contribution in [0.25, 0.3) is 0 Å². The highest BCUT2D eigenvalue weighted by Gasteiger charge is 2.18. The van der Waals surface area contributed by atoms with Gasteiger partial charge in [-0.25, -0.2) is 9.18 Å². The quantitative estimate of drug-likeness (QED) is 0.785. The molecule has 108 valence electrons. The Morgan fingerprint density at radius 2 is 2.25 bits per heavy atom. The SMILES string of the molecule is C=CCN(CC(=O)O)C(=O)NC(C)c1cccc(F)c1. The van der Waals surface area contributed by atoms with Crippen LogP contribution in [0.3, 0.4) is 0 Å². The second kappa shape index (κ2) is 7.28. The summed E-state index contributed by atoms with van der Waals surface area (Å²) in [5, 5.41) is 11.4. The van der Waals surface area contributed by atoms with Crippen molar-refractivity contribution in [2.75, 3.05) is 13.1 Å². The van der Waals surface area contributed by atoms with Crippen molar-refractivity contribution >= 4 is 12.0 Å². The van der Waals surface area contributed by atoms with E-state index in [0.717, 1.165) is 4.90 Å². The number of carbonyl (C=O) groups is 2. The Kier molecular flexibility index (Phi) is 5.71. The minimum atomic E-state index is -1.11. The van der Waals surface area contributed by atoms with Gasteiger partial charge in [0.05, 0.1) is 6.04 Å². The van der Waals surface area contributed by atoms with Crippen LogP contribution in [0.4, 0.5) is 9.18 Å². The maximum atomic E-state index is 13.1. The molecule has 1 aromatic carbocycles. The summed E-state index contributed by atoms with van der Waals surface area (Å²) in [4.78, 5) is 23.7. The maximum absolute atomic E-state index is 13.1. The molecule has 0 aliphatic rings. The first-order valence-electron chi connectivity index (χ1n) is 6.07. The Morgan fingerprint density at radius 1 is 1.55 bits per heavy atom. The summed E-state index contributed by atoms with van der Waals surface area (Å²) in [6.45, 7) is 4.87. The van der Waals surface area contributed by atoms with Crippen molar-refractivity contribution in [1.29, 1.82) is 0 Å². The third-order valence-electron chi connectivity index (χ3n) is 2.65. The van der Waals surface area contributed by atoms with Gasteiger partial charge in [0.2, 0.25) is 0 Å². The van der Waals surface area contributed by atoms with Crippen LogP contribution < -0.4 is 5.32 Å². The minimum Gasteiger partial charge on any atom is -0.480 e. The number of nitrogens with one attached hydrogen (secondary N) is 1. The summed E-state index contributed by atoms with van der Waals surface area (Å²) in [5.41, 5.74) is 0.604.